The van der Waals surface area contributed by atoms with Gasteiger partial charge in [0.25, 0.3) is 6.71 Å². The molecule has 0 atom stereocenters. The first kappa shape index (κ1) is 21.5. The van der Waals surface area contributed by atoms with Crippen LogP contribution in [0.2, 0.25) is 0 Å². The van der Waals surface area contributed by atoms with E-state index in [1.807, 2.05) is 54.6 Å². The lowest BCUT2D eigenvalue weighted by atomic mass is 9.33. The Balaban J connectivity index is 1.34. The number of nitrogens with zero attached hydrogens (tertiary/aromatic N) is 4. The molecule has 0 amide bonds. The zero-order chi connectivity index (χ0) is 26.2. The van der Waals surface area contributed by atoms with Gasteiger partial charge in [-0.15, -0.1) is 0 Å². The van der Waals surface area contributed by atoms with Crippen LogP contribution in [0, 0.1) is 0 Å². The number of hydrogen-bond acceptors (Lipinski definition) is 6. The number of benzene rings is 3. The lowest BCUT2D eigenvalue weighted by molar-refractivity contribution is 0.464. The van der Waals surface area contributed by atoms with E-state index >= 15 is 0 Å². The van der Waals surface area contributed by atoms with Crippen LogP contribution in [-0.4, -0.2) is 21.7 Å². The summed E-state index contributed by atoms with van der Waals surface area (Å²) in [7, 11) is 0. The molecule has 3 aliphatic heterocycles. The first-order valence-corrected chi connectivity index (χ1v) is 13.2. The van der Waals surface area contributed by atoms with Crippen LogP contribution in [0.3, 0.4) is 0 Å². The van der Waals surface area contributed by atoms with Gasteiger partial charge < -0.3 is 14.4 Å². The average Bonchev–Trinajstić information content (AvgIpc) is 3.02. The highest BCUT2D eigenvalue weighted by Gasteiger charge is 2.47. The minimum atomic E-state index is 0.0229. The van der Waals surface area contributed by atoms with E-state index in [-0.39, 0.29) is 6.71 Å². The van der Waals surface area contributed by atoms with E-state index < -0.39 is 0 Å². The van der Waals surface area contributed by atoms with Crippen molar-refractivity contribution < 1.29 is 9.47 Å². The number of anilines is 3. The Morgan fingerprint density at radius 3 is 1.50 bits per heavy atom. The van der Waals surface area contributed by atoms with Gasteiger partial charge in [0, 0.05) is 29.2 Å². The van der Waals surface area contributed by atoms with Crippen LogP contribution < -0.4 is 30.8 Å². The minimum absolute atomic E-state index is 0.0229. The quantitative estimate of drug-likeness (QED) is 0.281. The van der Waals surface area contributed by atoms with Crippen molar-refractivity contribution in [3.63, 3.8) is 0 Å². The molecule has 9 rings (SSSR count). The second-order valence-corrected chi connectivity index (χ2v) is 10.0. The minimum Gasteiger partial charge on any atom is -0.458 e. The largest absolute Gasteiger partial charge is 0.458 e. The van der Waals surface area contributed by atoms with E-state index in [2.05, 4.69) is 63.4 Å². The standard InChI is InChI=1S/C33H19BN4O2/c1-3-16-35-21(8-1)23-18-20(19-24(37-23)22-9-2-4-17-36-22)38-25-10-5-12-27-31(25)34-32-26(38)11-6-13-28(32)40-30-15-7-14-29(39-27)33(30)34/h1-19H. The summed E-state index contributed by atoms with van der Waals surface area (Å²) in [5.41, 5.74) is 9.60. The molecule has 0 unspecified atom stereocenters. The Morgan fingerprint density at radius 1 is 0.500 bits per heavy atom. The maximum absolute atomic E-state index is 6.48. The SMILES string of the molecule is c1ccc(-c2cc(N3c4cccc5c4B4c6c(cccc6Oc6cccc3c64)O5)cc(-c3ccccn3)n2)nc1. The van der Waals surface area contributed by atoms with Gasteiger partial charge in [0.2, 0.25) is 0 Å². The lowest BCUT2D eigenvalue weighted by Gasteiger charge is -2.42. The highest BCUT2D eigenvalue weighted by Crippen LogP contribution is 2.45. The second-order valence-electron chi connectivity index (χ2n) is 10.0. The highest BCUT2D eigenvalue weighted by molar-refractivity contribution is 7.00. The zero-order valence-corrected chi connectivity index (χ0v) is 21.2. The van der Waals surface area contributed by atoms with Crippen molar-refractivity contribution in [3.8, 4) is 45.8 Å². The van der Waals surface area contributed by atoms with Crippen molar-refractivity contribution in [1.29, 1.82) is 0 Å². The van der Waals surface area contributed by atoms with Crippen LogP contribution in [0.15, 0.2) is 116 Å². The van der Waals surface area contributed by atoms with Crippen LogP contribution >= 0.6 is 0 Å². The predicted molar refractivity (Wildman–Crippen MR) is 157 cm³/mol. The van der Waals surface area contributed by atoms with Crippen molar-refractivity contribution in [2.75, 3.05) is 4.90 Å². The number of aromatic nitrogens is 3. The van der Waals surface area contributed by atoms with Gasteiger partial charge >= 0.3 is 0 Å². The first-order valence-electron chi connectivity index (χ1n) is 13.2. The van der Waals surface area contributed by atoms with Crippen LogP contribution in [0.4, 0.5) is 17.1 Å². The van der Waals surface area contributed by atoms with Crippen molar-refractivity contribution in [3.05, 3.63) is 116 Å². The van der Waals surface area contributed by atoms with Crippen LogP contribution in [0.25, 0.3) is 22.8 Å². The highest BCUT2D eigenvalue weighted by atomic mass is 16.5. The Kier molecular flexibility index (Phi) is 4.32. The van der Waals surface area contributed by atoms with Gasteiger partial charge in [-0.25, -0.2) is 4.98 Å². The van der Waals surface area contributed by atoms with E-state index in [0.29, 0.717) is 0 Å². The molecule has 0 aliphatic carbocycles. The fourth-order valence-electron chi connectivity index (χ4n) is 6.21. The van der Waals surface area contributed by atoms with Gasteiger partial charge in [-0.1, -0.05) is 30.3 Å². The molecular formula is C33H19BN4O2. The summed E-state index contributed by atoms with van der Waals surface area (Å²) < 4.78 is 13.0. The Morgan fingerprint density at radius 2 is 1.00 bits per heavy atom. The number of ether oxygens (including phenoxy) is 2. The van der Waals surface area contributed by atoms with Crippen molar-refractivity contribution >= 4 is 40.2 Å². The number of rotatable bonds is 3. The zero-order valence-electron chi connectivity index (χ0n) is 21.2. The van der Waals surface area contributed by atoms with Gasteiger partial charge in [0.05, 0.1) is 28.5 Å². The maximum atomic E-state index is 6.48. The van der Waals surface area contributed by atoms with Crippen molar-refractivity contribution in [2.24, 2.45) is 0 Å². The molecule has 0 saturated carbocycles. The summed E-state index contributed by atoms with van der Waals surface area (Å²) in [6, 6.07) is 34.6. The van der Waals surface area contributed by atoms with Gasteiger partial charge in [0.15, 0.2) is 0 Å². The van der Waals surface area contributed by atoms with Crippen molar-refractivity contribution in [2.45, 2.75) is 0 Å². The molecule has 0 fully saturated rings. The smallest absolute Gasteiger partial charge is 0.266 e. The molecule has 0 saturated heterocycles. The number of hydrogen-bond donors (Lipinski definition) is 0. The fourth-order valence-corrected chi connectivity index (χ4v) is 6.21. The molecule has 3 aromatic carbocycles. The molecule has 0 bridgehead atoms. The molecule has 3 aliphatic rings. The first-order chi connectivity index (χ1) is 19.8. The van der Waals surface area contributed by atoms with Crippen molar-refractivity contribution in [1.82, 2.24) is 15.0 Å². The molecule has 6 nitrogen and oxygen atoms in total. The van der Waals surface area contributed by atoms with E-state index in [9.17, 15) is 0 Å². The van der Waals surface area contributed by atoms with E-state index in [0.717, 1.165) is 79.2 Å². The molecule has 3 aromatic heterocycles. The molecule has 7 heteroatoms. The lowest BCUT2D eigenvalue weighted by Crippen LogP contribution is -2.61. The summed E-state index contributed by atoms with van der Waals surface area (Å²) in [4.78, 5) is 16.5. The Hall–Kier alpha value is -5.43. The molecule has 0 N–H and O–H groups in total. The summed E-state index contributed by atoms with van der Waals surface area (Å²) in [5, 5.41) is 0. The van der Waals surface area contributed by atoms with Gasteiger partial charge in [-0.2, -0.15) is 0 Å². The Labute approximate surface area is 230 Å². The summed E-state index contributed by atoms with van der Waals surface area (Å²) in [5.74, 6) is 3.42. The monoisotopic (exact) mass is 514 g/mol. The predicted octanol–water partition coefficient (Wildman–Crippen LogP) is 5.72. The topological polar surface area (TPSA) is 60.4 Å². The van der Waals surface area contributed by atoms with Gasteiger partial charge in [-0.05, 0) is 83.7 Å². The normalized spacial score (nSPS) is 13.3. The van der Waals surface area contributed by atoms with Gasteiger partial charge in [-0.3, -0.25) is 9.97 Å². The van der Waals surface area contributed by atoms with Crippen LogP contribution in [0.5, 0.6) is 23.0 Å². The molecule has 6 aromatic rings. The molecule has 6 heterocycles. The summed E-state index contributed by atoms with van der Waals surface area (Å²) in [6.45, 7) is 0.0229. The van der Waals surface area contributed by atoms with Crippen LogP contribution in [0.1, 0.15) is 0 Å². The molecule has 186 valence electrons. The summed E-state index contributed by atoms with van der Waals surface area (Å²) in [6.07, 6.45) is 3.58. The molecule has 0 radical (unpaired) electrons. The van der Waals surface area contributed by atoms with Crippen LogP contribution in [-0.2, 0) is 0 Å². The number of pyridine rings is 3. The summed E-state index contributed by atoms with van der Waals surface area (Å²) >= 11 is 0. The van der Waals surface area contributed by atoms with E-state index in [4.69, 9.17) is 14.5 Å². The average molecular weight is 514 g/mol. The molecule has 40 heavy (non-hydrogen) atoms. The fraction of sp³-hybridized carbons (Fsp3) is 0. The van der Waals surface area contributed by atoms with E-state index in [1.54, 1.807) is 12.4 Å². The third-order valence-corrected chi connectivity index (χ3v) is 7.82. The maximum Gasteiger partial charge on any atom is 0.266 e. The molecular weight excluding hydrogens is 495 g/mol. The Bertz CT molecular complexity index is 1850. The van der Waals surface area contributed by atoms with E-state index in [1.165, 1.54) is 0 Å². The third kappa shape index (κ3) is 2.97. The molecule has 0 spiro atoms. The third-order valence-electron chi connectivity index (χ3n) is 7.82. The second kappa shape index (κ2) is 8.04. The van der Waals surface area contributed by atoms with Gasteiger partial charge in [0.1, 0.15) is 23.0 Å².